The SMILES string of the molecule is CCN(CC)c1ccc(C=Nc2c(C)n(C)n(-c3ccccc3)c2=O)c(C)c1. The van der Waals surface area contributed by atoms with Crippen molar-refractivity contribution in [2.45, 2.75) is 27.7 Å². The van der Waals surface area contributed by atoms with Crippen LogP contribution in [0.3, 0.4) is 0 Å². The van der Waals surface area contributed by atoms with Crippen molar-refractivity contribution >= 4 is 17.6 Å². The Bertz CT molecular complexity index is 1040. The lowest BCUT2D eigenvalue weighted by atomic mass is 10.1. The summed E-state index contributed by atoms with van der Waals surface area (Å²) in [5.74, 6) is 0. The highest BCUT2D eigenvalue weighted by molar-refractivity contribution is 5.84. The predicted molar refractivity (Wildman–Crippen MR) is 118 cm³/mol. The molecule has 0 radical (unpaired) electrons. The number of aromatic nitrogens is 2. The molecule has 0 aliphatic heterocycles. The van der Waals surface area contributed by atoms with Crippen LogP contribution in [0, 0.1) is 13.8 Å². The van der Waals surface area contributed by atoms with Gasteiger partial charge < -0.3 is 4.90 Å². The average molecular weight is 377 g/mol. The molecule has 0 bridgehead atoms. The van der Waals surface area contributed by atoms with Crippen LogP contribution in [0.5, 0.6) is 0 Å². The summed E-state index contributed by atoms with van der Waals surface area (Å²) in [6.45, 7) is 10.3. The number of aliphatic imine (C=N–C) groups is 1. The standard InChI is InChI=1S/C23H28N4O/c1-6-26(7-2)21-14-13-19(17(3)15-21)16-24-22-18(4)25(5)27(23(22)28)20-11-9-8-10-12-20/h8-16H,6-7H2,1-5H3. The van der Waals surface area contributed by atoms with E-state index in [0.29, 0.717) is 5.69 Å². The van der Waals surface area contributed by atoms with Crippen LogP contribution in [0.1, 0.15) is 30.7 Å². The molecule has 5 nitrogen and oxygen atoms in total. The molecule has 0 saturated carbocycles. The highest BCUT2D eigenvalue weighted by atomic mass is 16.1. The zero-order valence-electron chi connectivity index (χ0n) is 17.3. The van der Waals surface area contributed by atoms with Crippen LogP contribution in [-0.4, -0.2) is 28.7 Å². The van der Waals surface area contributed by atoms with Crippen LogP contribution in [-0.2, 0) is 7.05 Å². The molecule has 0 atom stereocenters. The minimum atomic E-state index is -0.111. The van der Waals surface area contributed by atoms with Gasteiger partial charge in [-0.2, -0.15) is 0 Å². The Hall–Kier alpha value is -3.08. The van der Waals surface area contributed by atoms with Crippen molar-refractivity contribution in [3.8, 4) is 5.69 Å². The van der Waals surface area contributed by atoms with Gasteiger partial charge in [-0.3, -0.25) is 9.48 Å². The summed E-state index contributed by atoms with van der Waals surface area (Å²) in [7, 11) is 1.88. The van der Waals surface area contributed by atoms with Gasteiger partial charge >= 0.3 is 0 Å². The van der Waals surface area contributed by atoms with Gasteiger partial charge in [0.2, 0.25) is 0 Å². The number of hydrogen-bond acceptors (Lipinski definition) is 3. The minimum absolute atomic E-state index is 0.111. The average Bonchev–Trinajstić information content (AvgIpc) is 2.91. The van der Waals surface area contributed by atoms with E-state index in [-0.39, 0.29) is 5.56 Å². The molecule has 0 aliphatic rings. The van der Waals surface area contributed by atoms with E-state index in [4.69, 9.17) is 0 Å². The van der Waals surface area contributed by atoms with E-state index in [1.165, 1.54) is 5.69 Å². The molecule has 28 heavy (non-hydrogen) atoms. The number of aryl methyl sites for hydroxylation is 1. The Balaban J connectivity index is 1.97. The molecule has 0 N–H and O–H groups in total. The third-order valence-electron chi connectivity index (χ3n) is 5.24. The normalized spacial score (nSPS) is 11.3. The number of para-hydroxylation sites is 1. The van der Waals surface area contributed by atoms with E-state index in [1.807, 2.05) is 49.0 Å². The van der Waals surface area contributed by atoms with Gasteiger partial charge in [0.25, 0.3) is 5.56 Å². The first kappa shape index (κ1) is 19.7. The molecule has 5 heteroatoms. The van der Waals surface area contributed by atoms with E-state index in [1.54, 1.807) is 10.9 Å². The van der Waals surface area contributed by atoms with E-state index in [9.17, 15) is 4.79 Å². The minimum Gasteiger partial charge on any atom is -0.372 e. The third kappa shape index (κ3) is 3.65. The third-order valence-corrected chi connectivity index (χ3v) is 5.24. The Kier molecular flexibility index (Phi) is 5.83. The van der Waals surface area contributed by atoms with E-state index in [2.05, 4.69) is 48.9 Å². The number of nitrogens with zero attached hydrogens (tertiary/aromatic N) is 4. The zero-order valence-corrected chi connectivity index (χ0v) is 17.3. The molecule has 1 heterocycles. The highest BCUT2D eigenvalue weighted by Crippen LogP contribution is 2.20. The van der Waals surface area contributed by atoms with Crippen molar-refractivity contribution in [1.82, 2.24) is 9.36 Å². The van der Waals surface area contributed by atoms with Crippen molar-refractivity contribution in [2.24, 2.45) is 12.0 Å². The smallest absolute Gasteiger partial charge is 0.297 e. The van der Waals surface area contributed by atoms with Gasteiger partial charge in [0.15, 0.2) is 5.69 Å². The summed E-state index contributed by atoms with van der Waals surface area (Å²) in [5, 5.41) is 0. The fourth-order valence-electron chi connectivity index (χ4n) is 3.43. The Morgan fingerprint density at radius 2 is 1.71 bits per heavy atom. The van der Waals surface area contributed by atoms with Crippen LogP contribution >= 0.6 is 0 Å². The largest absolute Gasteiger partial charge is 0.372 e. The predicted octanol–water partition coefficient (Wildman–Crippen LogP) is 4.39. The Morgan fingerprint density at radius 3 is 2.32 bits per heavy atom. The summed E-state index contributed by atoms with van der Waals surface area (Å²) in [6.07, 6.45) is 1.79. The molecule has 0 fully saturated rings. The highest BCUT2D eigenvalue weighted by Gasteiger charge is 2.15. The first-order valence-corrected chi connectivity index (χ1v) is 9.71. The first-order valence-electron chi connectivity index (χ1n) is 9.71. The van der Waals surface area contributed by atoms with Crippen molar-refractivity contribution in [2.75, 3.05) is 18.0 Å². The van der Waals surface area contributed by atoms with E-state index >= 15 is 0 Å². The molecule has 146 valence electrons. The van der Waals surface area contributed by atoms with Crippen LogP contribution in [0.4, 0.5) is 11.4 Å². The van der Waals surface area contributed by atoms with Crippen LogP contribution in [0.25, 0.3) is 5.69 Å². The number of hydrogen-bond donors (Lipinski definition) is 0. The maximum Gasteiger partial charge on any atom is 0.297 e. The fourth-order valence-corrected chi connectivity index (χ4v) is 3.43. The van der Waals surface area contributed by atoms with Crippen LogP contribution in [0.15, 0.2) is 58.3 Å². The number of anilines is 1. The molecule has 0 spiro atoms. The molecule has 0 unspecified atom stereocenters. The number of benzene rings is 2. The second-order valence-electron chi connectivity index (χ2n) is 6.88. The molecule has 2 aromatic carbocycles. The summed E-state index contributed by atoms with van der Waals surface area (Å²) in [5.41, 5.74) is 5.40. The zero-order chi connectivity index (χ0) is 20.3. The van der Waals surface area contributed by atoms with Crippen LogP contribution in [0.2, 0.25) is 0 Å². The van der Waals surface area contributed by atoms with E-state index in [0.717, 1.165) is 35.6 Å². The topological polar surface area (TPSA) is 42.5 Å². The molecular formula is C23H28N4O. The monoisotopic (exact) mass is 376 g/mol. The molecule has 0 saturated heterocycles. The Morgan fingerprint density at radius 1 is 1.04 bits per heavy atom. The quantitative estimate of drug-likeness (QED) is 0.599. The molecular weight excluding hydrogens is 348 g/mol. The first-order chi connectivity index (χ1) is 13.5. The second kappa shape index (κ2) is 8.30. The van der Waals surface area contributed by atoms with Gasteiger partial charge in [0.1, 0.15) is 0 Å². The van der Waals surface area contributed by atoms with Gasteiger partial charge in [0, 0.05) is 32.0 Å². The van der Waals surface area contributed by atoms with Crippen molar-refractivity contribution < 1.29 is 0 Å². The summed E-state index contributed by atoms with van der Waals surface area (Å²) in [6, 6.07) is 16.0. The Labute approximate surface area is 166 Å². The lowest BCUT2D eigenvalue weighted by molar-refractivity contribution is 0.630. The maximum absolute atomic E-state index is 13.0. The molecule has 0 aliphatic carbocycles. The van der Waals surface area contributed by atoms with E-state index < -0.39 is 0 Å². The molecule has 0 amide bonds. The van der Waals surface area contributed by atoms with Crippen LogP contribution < -0.4 is 10.5 Å². The van der Waals surface area contributed by atoms with Crippen molar-refractivity contribution in [1.29, 1.82) is 0 Å². The van der Waals surface area contributed by atoms with Gasteiger partial charge in [0.05, 0.1) is 11.4 Å². The van der Waals surface area contributed by atoms with Gasteiger partial charge in [-0.1, -0.05) is 24.3 Å². The van der Waals surface area contributed by atoms with Gasteiger partial charge in [-0.15, -0.1) is 0 Å². The fraction of sp³-hybridized carbons (Fsp3) is 0.304. The number of rotatable bonds is 6. The van der Waals surface area contributed by atoms with Crippen molar-refractivity contribution in [3.05, 3.63) is 75.7 Å². The lowest BCUT2D eigenvalue weighted by Gasteiger charge is -2.21. The second-order valence-corrected chi connectivity index (χ2v) is 6.88. The van der Waals surface area contributed by atoms with Crippen molar-refractivity contribution in [3.63, 3.8) is 0 Å². The summed E-state index contributed by atoms with van der Waals surface area (Å²) in [4.78, 5) is 19.8. The summed E-state index contributed by atoms with van der Waals surface area (Å²) >= 11 is 0. The van der Waals surface area contributed by atoms with Gasteiger partial charge in [-0.25, -0.2) is 9.67 Å². The maximum atomic E-state index is 13.0. The van der Waals surface area contributed by atoms with Gasteiger partial charge in [-0.05, 0) is 63.1 Å². The lowest BCUT2D eigenvalue weighted by Crippen LogP contribution is -2.21. The molecule has 3 rings (SSSR count). The molecule has 3 aromatic rings. The molecule has 1 aromatic heterocycles. The summed E-state index contributed by atoms with van der Waals surface area (Å²) < 4.78 is 3.50.